The zero-order valence-electron chi connectivity index (χ0n) is 38.4. The van der Waals surface area contributed by atoms with Gasteiger partial charge >= 0.3 is 12.2 Å². The van der Waals surface area contributed by atoms with Crippen molar-refractivity contribution in [1.82, 2.24) is 15.5 Å². The van der Waals surface area contributed by atoms with Crippen LogP contribution in [0, 0.1) is 24.7 Å². The highest BCUT2D eigenvalue weighted by molar-refractivity contribution is 6.01. The van der Waals surface area contributed by atoms with E-state index in [1.807, 2.05) is 90.9 Å². The monoisotopic (exact) mass is 877 g/mol. The number of carbonyl (C=O) groups is 5. The number of Topliss-reactive ketones (excluding diaryl/α,β-unsaturated/α-hetero) is 1. The fraction of sp³-hybridized carbons (Fsp3) is 0.510. The lowest BCUT2D eigenvalue weighted by Gasteiger charge is -2.29. The summed E-state index contributed by atoms with van der Waals surface area (Å²) in [6, 6.07) is 18.3. The third kappa shape index (κ3) is 13.2. The van der Waals surface area contributed by atoms with Crippen LogP contribution in [0.25, 0.3) is 11.1 Å². The van der Waals surface area contributed by atoms with Crippen molar-refractivity contribution in [2.24, 2.45) is 33.0 Å². The minimum absolute atomic E-state index is 0.0484. The number of carbonyl (C=O) groups excluding carboxylic acids is 5. The number of hydrogen-bond donors (Lipinski definition) is 3. The molecular weight excluding hydrogens is 815 g/mol. The number of benzene rings is 3. The van der Waals surface area contributed by atoms with Crippen molar-refractivity contribution in [1.29, 1.82) is 0 Å². The molecule has 3 N–H and O–H groups in total. The quantitative estimate of drug-likeness (QED) is 0.143. The number of rotatable bonds is 14. The molecule has 2 aliphatic heterocycles. The Morgan fingerprint density at radius 1 is 0.844 bits per heavy atom. The molecule has 2 heterocycles. The van der Waals surface area contributed by atoms with Crippen molar-refractivity contribution in [3.05, 3.63) is 82.9 Å². The zero-order valence-corrected chi connectivity index (χ0v) is 38.4. The Balaban J connectivity index is 1.15. The normalized spacial score (nSPS) is 19.0. The molecule has 0 aromatic heterocycles. The minimum Gasteiger partial charge on any atom is -0.496 e. The van der Waals surface area contributed by atoms with Gasteiger partial charge < -0.3 is 35.1 Å². The van der Waals surface area contributed by atoms with Crippen LogP contribution < -0.4 is 20.7 Å². The molecule has 0 bridgehead atoms. The fourth-order valence-corrected chi connectivity index (χ4v) is 8.35. The van der Waals surface area contributed by atoms with Crippen LogP contribution in [0.2, 0.25) is 0 Å². The van der Waals surface area contributed by atoms with Gasteiger partial charge in [-0.05, 0) is 158 Å². The van der Waals surface area contributed by atoms with Crippen LogP contribution in [0.1, 0.15) is 107 Å². The van der Waals surface area contributed by atoms with E-state index in [1.165, 1.54) is 0 Å². The number of ketones is 1. The highest BCUT2D eigenvalue weighted by Gasteiger charge is 2.33. The summed E-state index contributed by atoms with van der Waals surface area (Å²) in [5, 5.41) is 17.0. The van der Waals surface area contributed by atoms with Crippen LogP contribution >= 0.6 is 0 Å². The second-order valence-electron chi connectivity index (χ2n) is 19.1. The molecule has 3 aromatic carbocycles. The first-order valence-corrected chi connectivity index (χ1v) is 22.2. The number of nitrogens with one attached hydrogen (secondary N) is 3. The van der Waals surface area contributed by atoms with E-state index in [0.29, 0.717) is 74.8 Å². The summed E-state index contributed by atoms with van der Waals surface area (Å²) in [4.78, 5) is 72.3. The maximum Gasteiger partial charge on any atom is 0.410 e. The average Bonchev–Trinajstić information content (AvgIpc) is 3.96. The SMILES string of the molecule is COc1ccc(C[C@H](CC(=O)C2CCC(CNC(=O)OC(C)(C)C)CC2)C(=O)Nc2ccc(C3=NCN=N3)cc2)cc1-c1ccc(C(=O)N[C@@H]2CCN(C(=O)OC(C)(C)C)C2)cc1C. The molecule has 6 rings (SSSR count). The Labute approximate surface area is 376 Å². The molecule has 2 fully saturated rings. The molecule has 342 valence electrons. The lowest BCUT2D eigenvalue weighted by Crippen LogP contribution is -2.40. The van der Waals surface area contributed by atoms with E-state index >= 15 is 0 Å². The van der Waals surface area contributed by atoms with E-state index in [1.54, 1.807) is 30.2 Å². The van der Waals surface area contributed by atoms with Crippen molar-refractivity contribution in [3.8, 4) is 16.9 Å². The molecule has 15 nitrogen and oxygen atoms in total. The summed E-state index contributed by atoms with van der Waals surface area (Å²) < 4.78 is 16.7. The van der Waals surface area contributed by atoms with Crippen molar-refractivity contribution >= 4 is 41.3 Å². The fourth-order valence-electron chi connectivity index (χ4n) is 8.35. The second-order valence-corrected chi connectivity index (χ2v) is 19.1. The molecule has 4 amide bonds. The zero-order chi connectivity index (χ0) is 46.2. The van der Waals surface area contributed by atoms with E-state index in [4.69, 9.17) is 14.2 Å². The molecule has 1 saturated heterocycles. The molecule has 15 heteroatoms. The summed E-state index contributed by atoms with van der Waals surface area (Å²) >= 11 is 0. The molecule has 2 atom stereocenters. The number of likely N-dealkylation sites (tertiary alicyclic amines) is 1. The van der Waals surface area contributed by atoms with Gasteiger partial charge in [-0.1, -0.05) is 12.1 Å². The smallest absolute Gasteiger partial charge is 0.410 e. The van der Waals surface area contributed by atoms with Gasteiger partial charge in [0.25, 0.3) is 5.91 Å². The van der Waals surface area contributed by atoms with Gasteiger partial charge in [-0.3, -0.25) is 14.4 Å². The minimum atomic E-state index is -0.679. The summed E-state index contributed by atoms with van der Waals surface area (Å²) in [6.45, 7) is 14.5. The van der Waals surface area contributed by atoms with Gasteiger partial charge in [0.15, 0.2) is 12.5 Å². The predicted octanol–water partition coefficient (Wildman–Crippen LogP) is 8.67. The van der Waals surface area contributed by atoms with Crippen molar-refractivity contribution < 1.29 is 38.2 Å². The number of ether oxygens (including phenoxy) is 3. The number of alkyl carbamates (subject to hydrolysis) is 1. The summed E-state index contributed by atoms with van der Waals surface area (Å²) in [5.74, 6) is 0.0865. The number of nitrogens with zero attached hydrogens (tertiary/aromatic N) is 4. The second kappa shape index (κ2) is 20.6. The maximum absolute atomic E-state index is 14.2. The molecule has 1 aliphatic carbocycles. The molecule has 0 radical (unpaired) electrons. The van der Waals surface area contributed by atoms with Crippen molar-refractivity contribution in [2.45, 2.75) is 111 Å². The number of aryl methyl sites for hydroxylation is 1. The first kappa shape index (κ1) is 47.4. The predicted molar refractivity (Wildman–Crippen MR) is 245 cm³/mol. The van der Waals surface area contributed by atoms with E-state index in [2.05, 4.69) is 31.2 Å². The Kier molecular flexibility index (Phi) is 15.2. The largest absolute Gasteiger partial charge is 0.496 e. The summed E-state index contributed by atoms with van der Waals surface area (Å²) in [7, 11) is 1.60. The van der Waals surface area contributed by atoms with Crippen LogP contribution in [-0.2, 0) is 25.5 Å². The number of aliphatic imine (C=N–C) groups is 1. The molecule has 64 heavy (non-hydrogen) atoms. The molecule has 1 saturated carbocycles. The summed E-state index contributed by atoms with van der Waals surface area (Å²) in [6.07, 6.45) is 3.08. The van der Waals surface area contributed by atoms with Crippen LogP contribution in [0.3, 0.4) is 0 Å². The highest BCUT2D eigenvalue weighted by Crippen LogP contribution is 2.36. The third-order valence-electron chi connectivity index (χ3n) is 11.6. The number of anilines is 1. The van der Waals surface area contributed by atoms with Crippen molar-refractivity contribution in [3.63, 3.8) is 0 Å². The van der Waals surface area contributed by atoms with E-state index in [0.717, 1.165) is 40.7 Å². The van der Waals surface area contributed by atoms with Gasteiger partial charge in [0.05, 0.1) is 7.11 Å². The van der Waals surface area contributed by atoms with Gasteiger partial charge in [-0.15, -0.1) is 5.11 Å². The lowest BCUT2D eigenvalue weighted by molar-refractivity contribution is -0.129. The molecule has 3 aliphatic rings. The molecule has 3 aromatic rings. The van der Waals surface area contributed by atoms with Crippen LogP contribution in [0.4, 0.5) is 15.3 Å². The number of amides is 4. The highest BCUT2D eigenvalue weighted by atomic mass is 16.6. The Morgan fingerprint density at radius 2 is 1.56 bits per heavy atom. The van der Waals surface area contributed by atoms with Gasteiger partial charge in [0, 0.05) is 66.3 Å². The first-order chi connectivity index (χ1) is 30.3. The van der Waals surface area contributed by atoms with E-state index in [-0.39, 0.29) is 41.9 Å². The van der Waals surface area contributed by atoms with Crippen LogP contribution in [0.5, 0.6) is 5.75 Å². The lowest BCUT2D eigenvalue weighted by atomic mass is 9.77. The van der Waals surface area contributed by atoms with Gasteiger partial charge in [-0.2, -0.15) is 5.11 Å². The third-order valence-corrected chi connectivity index (χ3v) is 11.6. The number of hydrogen-bond acceptors (Lipinski definition) is 11. The van der Waals surface area contributed by atoms with Crippen LogP contribution in [0.15, 0.2) is 75.9 Å². The van der Waals surface area contributed by atoms with Gasteiger partial charge in [0.1, 0.15) is 22.7 Å². The standard InChI is InChI=1S/C49H63N7O8/c1-30-23-35(44(58)54-38-21-22-56(28-38)47(61)64-49(5,6)7)16-19-39(30)40-25-32(11-20-42(40)62-8)24-36(45(59)53-37-17-14-34(15-18-37)43-51-29-52-55-43)26-41(57)33-12-9-31(10-13-33)27-50-46(60)63-48(2,3)4/h11,14-20,23,25,31,33,36,38H,9-10,12-13,21-22,24,26-29H2,1-8H3,(H,50,60)(H,53,59)(H,54,58)/t31?,33?,36-,38-/m1/s1. The average molecular weight is 878 g/mol. The number of methoxy groups -OCH3 is 1. The maximum atomic E-state index is 14.2. The Hall–Kier alpha value is -6.12. The van der Waals surface area contributed by atoms with Crippen LogP contribution in [-0.4, -0.2) is 91.2 Å². The number of amidine groups is 1. The number of azo groups is 1. The molecular formula is C49H63N7O8. The summed E-state index contributed by atoms with van der Waals surface area (Å²) in [5.41, 5.74) is 4.02. The topological polar surface area (TPSA) is 189 Å². The van der Waals surface area contributed by atoms with Gasteiger partial charge in [0.2, 0.25) is 5.91 Å². The van der Waals surface area contributed by atoms with E-state index in [9.17, 15) is 24.0 Å². The molecule has 0 spiro atoms. The van der Waals surface area contributed by atoms with E-state index < -0.39 is 29.3 Å². The van der Waals surface area contributed by atoms with Gasteiger partial charge in [-0.25, -0.2) is 14.6 Å². The van der Waals surface area contributed by atoms with Crippen molar-refractivity contribution in [2.75, 3.05) is 38.7 Å². The molecule has 0 unspecified atom stereocenters. The first-order valence-electron chi connectivity index (χ1n) is 22.2. The Bertz CT molecular complexity index is 2250. The Morgan fingerprint density at radius 3 is 2.20 bits per heavy atom.